The van der Waals surface area contributed by atoms with Gasteiger partial charge in [0.25, 0.3) is 5.91 Å². The maximum atomic E-state index is 12.4. The first-order valence-electron chi connectivity index (χ1n) is 9.42. The van der Waals surface area contributed by atoms with Gasteiger partial charge in [0, 0.05) is 49.7 Å². The summed E-state index contributed by atoms with van der Waals surface area (Å²) in [7, 11) is 0. The number of carbonyl (C=O) groups is 2. The van der Waals surface area contributed by atoms with Gasteiger partial charge in [-0.25, -0.2) is 9.97 Å². The highest BCUT2D eigenvalue weighted by Gasteiger charge is 2.15. The van der Waals surface area contributed by atoms with Crippen molar-refractivity contribution >= 4 is 23.5 Å². The summed E-state index contributed by atoms with van der Waals surface area (Å²) in [6.07, 6.45) is 7.90. The van der Waals surface area contributed by atoms with Crippen molar-refractivity contribution in [2.75, 3.05) is 25.0 Å². The fraction of sp³-hybridized carbons (Fsp3) is 0.400. The molecule has 0 saturated carbocycles. The summed E-state index contributed by atoms with van der Waals surface area (Å²) in [4.78, 5) is 34.5. The van der Waals surface area contributed by atoms with E-state index in [-0.39, 0.29) is 11.8 Å². The van der Waals surface area contributed by atoms with Crippen LogP contribution in [-0.4, -0.2) is 46.3 Å². The van der Waals surface area contributed by atoms with Crippen LogP contribution in [0.15, 0.2) is 42.7 Å². The maximum Gasteiger partial charge on any atom is 0.251 e. The molecule has 2 aromatic rings. The average molecular weight is 367 g/mol. The van der Waals surface area contributed by atoms with Crippen LogP contribution in [0.2, 0.25) is 0 Å². The normalized spacial score (nSPS) is 14.5. The Balaban J connectivity index is 1.46. The largest absolute Gasteiger partial charge is 0.352 e. The van der Waals surface area contributed by atoms with Gasteiger partial charge < -0.3 is 15.5 Å². The van der Waals surface area contributed by atoms with E-state index in [1.54, 1.807) is 30.6 Å². The number of benzene rings is 1. The summed E-state index contributed by atoms with van der Waals surface area (Å²) in [6, 6.07) is 8.96. The number of nitrogens with one attached hydrogen (secondary N) is 2. The molecule has 1 aromatic heterocycles. The van der Waals surface area contributed by atoms with E-state index in [0.29, 0.717) is 31.0 Å². The molecule has 0 unspecified atom stereocenters. The van der Waals surface area contributed by atoms with Gasteiger partial charge in [-0.2, -0.15) is 0 Å². The van der Waals surface area contributed by atoms with Crippen LogP contribution in [0.4, 0.5) is 11.6 Å². The van der Waals surface area contributed by atoms with E-state index in [1.807, 2.05) is 17.0 Å². The van der Waals surface area contributed by atoms with Crippen molar-refractivity contribution in [3.63, 3.8) is 0 Å². The summed E-state index contributed by atoms with van der Waals surface area (Å²) in [5, 5.41) is 6.00. The molecule has 7 heteroatoms. The first-order chi connectivity index (χ1) is 13.2. The minimum atomic E-state index is -0.130. The van der Waals surface area contributed by atoms with Crippen LogP contribution in [-0.2, 0) is 4.79 Å². The smallest absolute Gasteiger partial charge is 0.251 e. The standard InChI is InChI=1S/C20H25N5O2/c26-18-9-2-1-3-13-25(18)14-6-12-21-19(27)16-7-4-8-17(15-16)24-20-22-10-5-11-23-20/h4-5,7-8,10-11,15H,1-3,6,9,12-14H2,(H,21,27)(H,22,23,24). The Bertz CT molecular complexity index is 766. The molecule has 1 aliphatic heterocycles. The highest BCUT2D eigenvalue weighted by molar-refractivity contribution is 5.95. The molecular formula is C20H25N5O2. The number of hydrogen-bond acceptors (Lipinski definition) is 5. The third-order valence-electron chi connectivity index (χ3n) is 4.51. The molecular weight excluding hydrogens is 342 g/mol. The van der Waals surface area contributed by atoms with Gasteiger partial charge in [-0.05, 0) is 43.5 Å². The zero-order valence-electron chi connectivity index (χ0n) is 15.4. The maximum absolute atomic E-state index is 12.4. The number of nitrogens with zero attached hydrogens (tertiary/aromatic N) is 3. The van der Waals surface area contributed by atoms with Gasteiger partial charge >= 0.3 is 0 Å². The lowest BCUT2D eigenvalue weighted by molar-refractivity contribution is -0.130. The molecule has 1 aromatic carbocycles. The van der Waals surface area contributed by atoms with Crippen LogP contribution in [0.25, 0.3) is 0 Å². The van der Waals surface area contributed by atoms with Gasteiger partial charge in [0.05, 0.1) is 0 Å². The average Bonchev–Trinajstić information content (AvgIpc) is 2.90. The molecule has 0 spiro atoms. The molecule has 0 aliphatic carbocycles. The van der Waals surface area contributed by atoms with E-state index < -0.39 is 0 Å². The number of anilines is 2. The Morgan fingerprint density at radius 2 is 1.96 bits per heavy atom. The van der Waals surface area contributed by atoms with Crippen LogP contribution in [0.5, 0.6) is 0 Å². The molecule has 2 N–H and O–H groups in total. The molecule has 2 amide bonds. The summed E-state index contributed by atoms with van der Waals surface area (Å²) in [5.41, 5.74) is 1.32. The number of hydrogen-bond donors (Lipinski definition) is 2. The highest BCUT2D eigenvalue weighted by atomic mass is 16.2. The van der Waals surface area contributed by atoms with Crippen LogP contribution in [0.1, 0.15) is 42.5 Å². The van der Waals surface area contributed by atoms with Crippen molar-refractivity contribution in [3.8, 4) is 0 Å². The first kappa shape index (κ1) is 18.8. The molecule has 3 rings (SSSR count). The predicted octanol–water partition coefficient (Wildman–Crippen LogP) is 2.74. The number of amides is 2. The quantitative estimate of drug-likeness (QED) is 0.735. The van der Waals surface area contributed by atoms with Gasteiger partial charge in [0.15, 0.2) is 0 Å². The lowest BCUT2D eigenvalue weighted by Crippen LogP contribution is -2.34. The van der Waals surface area contributed by atoms with E-state index in [4.69, 9.17) is 0 Å². The summed E-state index contributed by atoms with van der Waals surface area (Å²) >= 11 is 0. The Hall–Kier alpha value is -2.96. The number of aromatic nitrogens is 2. The molecule has 0 bridgehead atoms. The number of likely N-dealkylation sites (tertiary alicyclic amines) is 1. The van der Waals surface area contributed by atoms with Crippen molar-refractivity contribution in [2.45, 2.75) is 32.1 Å². The second kappa shape index (κ2) is 9.66. The second-order valence-corrected chi connectivity index (χ2v) is 6.58. The van der Waals surface area contributed by atoms with Crippen molar-refractivity contribution in [1.29, 1.82) is 0 Å². The molecule has 2 heterocycles. The van der Waals surface area contributed by atoms with Crippen molar-refractivity contribution in [2.24, 2.45) is 0 Å². The van der Waals surface area contributed by atoms with E-state index in [1.165, 1.54) is 0 Å². The Morgan fingerprint density at radius 1 is 1.11 bits per heavy atom. The SMILES string of the molecule is O=C(NCCCN1CCCCCC1=O)c1cccc(Nc2ncccn2)c1. The van der Waals surface area contributed by atoms with Crippen molar-refractivity contribution < 1.29 is 9.59 Å². The van der Waals surface area contributed by atoms with E-state index in [2.05, 4.69) is 20.6 Å². The Kier molecular flexibility index (Phi) is 6.73. The zero-order chi connectivity index (χ0) is 18.9. The van der Waals surface area contributed by atoms with Gasteiger partial charge in [0.1, 0.15) is 0 Å². The first-order valence-corrected chi connectivity index (χ1v) is 9.42. The monoisotopic (exact) mass is 367 g/mol. The van der Waals surface area contributed by atoms with Gasteiger partial charge in [0.2, 0.25) is 11.9 Å². The number of carbonyl (C=O) groups excluding carboxylic acids is 2. The lowest BCUT2D eigenvalue weighted by Gasteiger charge is -2.20. The van der Waals surface area contributed by atoms with Gasteiger partial charge in [-0.1, -0.05) is 12.5 Å². The van der Waals surface area contributed by atoms with E-state index in [0.717, 1.165) is 37.9 Å². The predicted molar refractivity (Wildman–Crippen MR) is 104 cm³/mol. The molecule has 142 valence electrons. The van der Waals surface area contributed by atoms with Crippen molar-refractivity contribution in [1.82, 2.24) is 20.2 Å². The fourth-order valence-corrected chi connectivity index (χ4v) is 3.08. The van der Waals surface area contributed by atoms with Gasteiger partial charge in [-0.15, -0.1) is 0 Å². The topological polar surface area (TPSA) is 87.2 Å². The highest BCUT2D eigenvalue weighted by Crippen LogP contribution is 2.14. The molecule has 0 radical (unpaired) electrons. The minimum Gasteiger partial charge on any atom is -0.352 e. The zero-order valence-corrected chi connectivity index (χ0v) is 15.4. The van der Waals surface area contributed by atoms with Crippen molar-refractivity contribution in [3.05, 3.63) is 48.3 Å². The third kappa shape index (κ3) is 5.77. The molecule has 1 saturated heterocycles. The fourth-order valence-electron chi connectivity index (χ4n) is 3.08. The van der Waals surface area contributed by atoms with Gasteiger partial charge in [-0.3, -0.25) is 9.59 Å². The van der Waals surface area contributed by atoms with Crippen LogP contribution in [0, 0.1) is 0 Å². The van der Waals surface area contributed by atoms with Crippen LogP contribution in [0.3, 0.4) is 0 Å². The molecule has 1 aliphatic rings. The lowest BCUT2D eigenvalue weighted by atomic mass is 10.2. The Morgan fingerprint density at radius 3 is 2.81 bits per heavy atom. The molecule has 1 fully saturated rings. The summed E-state index contributed by atoms with van der Waals surface area (Å²) < 4.78 is 0. The molecule has 27 heavy (non-hydrogen) atoms. The van der Waals surface area contributed by atoms with E-state index >= 15 is 0 Å². The summed E-state index contributed by atoms with van der Waals surface area (Å²) in [6.45, 7) is 2.08. The summed E-state index contributed by atoms with van der Waals surface area (Å²) in [5.74, 6) is 0.590. The molecule has 7 nitrogen and oxygen atoms in total. The minimum absolute atomic E-state index is 0.130. The number of rotatable bonds is 7. The van der Waals surface area contributed by atoms with E-state index in [9.17, 15) is 9.59 Å². The second-order valence-electron chi connectivity index (χ2n) is 6.58. The third-order valence-corrected chi connectivity index (χ3v) is 4.51. The van der Waals surface area contributed by atoms with Crippen LogP contribution < -0.4 is 10.6 Å². The Labute approximate surface area is 159 Å². The molecule has 0 atom stereocenters. The van der Waals surface area contributed by atoms with Crippen LogP contribution >= 0.6 is 0 Å².